The summed E-state index contributed by atoms with van der Waals surface area (Å²) in [4.78, 5) is 14.9. The third-order valence-electron chi connectivity index (χ3n) is 4.79. The molecule has 2 aliphatic rings. The highest BCUT2D eigenvalue weighted by Crippen LogP contribution is 2.32. The Labute approximate surface area is 147 Å². The number of benzene rings is 2. The van der Waals surface area contributed by atoms with E-state index in [4.69, 9.17) is 9.47 Å². The molecular weight excluding hydrogens is 316 g/mol. The molecule has 0 aromatic heterocycles. The minimum Gasteiger partial charge on any atom is -0.454 e. The third kappa shape index (κ3) is 3.61. The van der Waals surface area contributed by atoms with E-state index in [1.54, 1.807) is 18.2 Å². The summed E-state index contributed by atoms with van der Waals surface area (Å²) in [7, 11) is 0. The number of nitrogens with one attached hydrogen (secondary N) is 1. The Kier molecular flexibility index (Phi) is 4.57. The number of fused-ring (bicyclic) bond motifs is 1. The average molecular weight is 338 g/mol. The van der Waals surface area contributed by atoms with Gasteiger partial charge in [0.25, 0.3) is 5.91 Å². The topological polar surface area (TPSA) is 50.8 Å². The van der Waals surface area contributed by atoms with E-state index in [0.29, 0.717) is 23.6 Å². The van der Waals surface area contributed by atoms with E-state index < -0.39 is 0 Å². The molecule has 2 aliphatic heterocycles. The number of nitrogens with zero attached hydrogens (tertiary/aromatic N) is 1. The fourth-order valence-corrected chi connectivity index (χ4v) is 3.38. The summed E-state index contributed by atoms with van der Waals surface area (Å²) < 4.78 is 10.6. The van der Waals surface area contributed by atoms with Crippen molar-refractivity contribution in [3.05, 3.63) is 59.2 Å². The van der Waals surface area contributed by atoms with Crippen molar-refractivity contribution in [2.45, 2.75) is 25.9 Å². The van der Waals surface area contributed by atoms with Crippen LogP contribution >= 0.6 is 0 Å². The summed E-state index contributed by atoms with van der Waals surface area (Å²) in [6.45, 7) is 4.02. The van der Waals surface area contributed by atoms with Gasteiger partial charge in [-0.05, 0) is 55.3 Å². The lowest BCUT2D eigenvalue weighted by Crippen LogP contribution is -2.25. The molecule has 5 nitrogen and oxygen atoms in total. The van der Waals surface area contributed by atoms with Crippen molar-refractivity contribution in [1.82, 2.24) is 10.2 Å². The van der Waals surface area contributed by atoms with Crippen molar-refractivity contribution < 1.29 is 14.3 Å². The van der Waals surface area contributed by atoms with Crippen LogP contribution in [0, 0.1) is 0 Å². The summed E-state index contributed by atoms with van der Waals surface area (Å²) in [6.07, 6.45) is 2.56. The molecule has 0 radical (unpaired) electrons. The monoisotopic (exact) mass is 338 g/mol. The molecule has 2 aromatic carbocycles. The molecule has 1 saturated heterocycles. The van der Waals surface area contributed by atoms with Crippen molar-refractivity contribution in [2.24, 2.45) is 0 Å². The van der Waals surface area contributed by atoms with Gasteiger partial charge in [-0.15, -0.1) is 0 Å². The van der Waals surface area contributed by atoms with Crippen LogP contribution in [-0.4, -0.2) is 30.7 Å². The zero-order chi connectivity index (χ0) is 17.1. The first-order valence-electron chi connectivity index (χ1n) is 8.76. The Balaban J connectivity index is 1.41. The number of carbonyl (C=O) groups excluding carboxylic acids is 1. The number of likely N-dealkylation sites (tertiary alicyclic amines) is 1. The highest BCUT2D eigenvalue weighted by Gasteiger charge is 2.17. The van der Waals surface area contributed by atoms with E-state index in [9.17, 15) is 4.79 Å². The molecule has 0 atom stereocenters. The molecular formula is C20H22N2O3. The lowest BCUT2D eigenvalue weighted by Gasteiger charge is -2.17. The Hall–Kier alpha value is -2.53. The first-order chi connectivity index (χ1) is 12.3. The molecule has 25 heavy (non-hydrogen) atoms. The van der Waals surface area contributed by atoms with Crippen molar-refractivity contribution >= 4 is 5.91 Å². The molecule has 0 spiro atoms. The van der Waals surface area contributed by atoms with E-state index in [1.165, 1.54) is 24.0 Å². The number of rotatable bonds is 5. The van der Waals surface area contributed by atoms with Crippen molar-refractivity contribution in [3.8, 4) is 11.5 Å². The van der Waals surface area contributed by atoms with E-state index in [-0.39, 0.29) is 12.7 Å². The maximum absolute atomic E-state index is 12.5. The minimum atomic E-state index is -0.103. The van der Waals surface area contributed by atoms with Gasteiger partial charge in [0.15, 0.2) is 11.5 Å². The summed E-state index contributed by atoms with van der Waals surface area (Å²) in [6, 6.07) is 13.6. The fourth-order valence-electron chi connectivity index (χ4n) is 3.38. The predicted molar refractivity (Wildman–Crippen MR) is 94.7 cm³/mol. The molecule has 2 heterocycles. The Morgan fingerprint density at radius 1 is 1.00 bits per heavy atom. The Bertz CT molecular complexity index is 769. The molecule has 0 unspecified atom stereocenters. The van der Waals surface area contributed by atoms with Gasteiger partial charge in [-0.3, -0.25) is 9.69 Å². The number of carbonyl (C=O) groups is 1. The van der Waals surface area contributed by atoms with Crippen LogP contribution in [0.5, 0.6) is 11.5 Å². The zero-order valence-corrected chi connectivity index (χ0v) is 14.2. The second kappa shape index (κ2) is 7.15. The molecule has 0 saturated carbocycles. The molecule has 1 N–H and O–H groups in total. The molecule has 2 aromatic rings. The van der Waals surface area contributed by atoms with Gasteiger partial charge in [0.2, 0.25) is 6.79 Å². The molecule has 5 heteroatoms. The quantitative estimate of drug-likeness (QED) is 0.911. The van der Waals surface area contributed by atoms with Gasteiger partial charge in [-0.2, -0.15) is 0 Å². The van der Waals surface area contributed by atoms with Gasteiger partial charge in [-0.1, -0.05) is 24.3 Å². The van der Waals surface area contributed by atoms with E-state index in [0.717, 1.165) is 19.6 Å². The average Bonchev–Trinajstić information content (AvgIpc) is 3.31. The van der Waals surface area contributed by atoms with Crippen LogP contribution in [0.2, 0.25) is 0 Å². The molecule has 0 bridgehead atoms. The number of amides is 1. The second-order valence-corrected chi connectivity index (χ2v) is 6.50. The van der Waals surface area contributed by atoms with Gasteiger partial charge in [0.1, 0.15) is 0 Å². The van der Waals surface area contributed by atoms with Crippen LogP contribution in [0.3, 0.4) is 0 Å². The van der Waals surface area contributed by atoms with Gasteiger partial charge >= 0.3 is 0 Å². The largest absolute Gasteiger partial charge is 0.454 e. The lowest BCUT2D eigenvalue weighted by atomic mass is 10.1. The van der Waals surface area contributed by atoms with Gasteiger partial charge < -0.3 is 14.8 Å². The standard InChI is InChI=1S/C20H22N2O3/c23-20(15-7-8-18-19(11-15)25-14-24-18)21-12-16-5-1-2-6-17(16)13-22-9-3-4-10-22/h1-2,5-8,11H,3-4,9-10,12-14H2,(H,21,23). The first-order valence-corrected chi connectivity index (χ1v) is 8.76. The molecule has 0 aliphatic carbocycles. The summed E-state index contributed by atoms with van der Waals surface area (Å²) in [5, 5.41) is 3.02. The number of hydrogen-bond donors (Lipinski definition) is 1. The lowest BCUT2D eigenvalue weighted by molar-refractivity contribution is 0.0950. The van der Waals surface area contributed by atoms with Crippen LogP contribution in [0.1, 0.15) is 34.3 Å². The summed E-state index contributed by atoms with van der Waals surface area (Å²) in [5.74, 6) is 1.21. The van der Waals surface area contributed by atoms with Crippen LogP contribution < -0.4 is 14.8 Å². The van der Waals surface area contributed by atoms with Crippen molar-refractivity contribution in [1.29, 1.82) is 0 Å². The summed E-state index contributed by atoms with van der Waals surface area (Å²) in [5.41, 5.74) is 3.04. The highest BCUT2D eigenvalue weighted by molar-refractivity contribution is 5.94. The van der Waals surface area contributed by atoms with Gasteiger partial charge in [-0.25, -0.2) is 0 Å². The molecule has 4 rings (SSSR count). The van der Waals surface area contributed by atoms with Gasteiger partial charge in [0, 0.05) is 18.7 Å². The number of ether oxygens (including phenoxy) is 2. The molecule has 1 amide bonds. The van der Waals surface area contributed by atoms with E-state index in [1.807, 2.05) is 6.07 Å². The fraction of sp³-hybridized carbons (Fsp3) is 0.350. The van der Waals surface area contributed by atoms with Crippen molar-refractivity contribution in [2.75, 3.05) is 19.9 Å². The van der Waals surface area contributed by atoms with E-state index >= 15 is 0 Å². The smallest absolute Gasteiger partial charge is 0.251 e. The minimum absolute atomic E-state index is 0.103. The Morgan fingerprint density at radius 2 is 1.76 bits per heavy atom. The summed E-state index contributed by atoms with van der Waals surface area (Å²) >= 11 is 0. The first kappa shape index (κ1) is 16.0. The van der Waals surface area contributed by atoms with Crippen molar-refractivity contribution in [3.63, 3.8) is 0 Å². The van der Waals surface area contributed by atoms with Crippen LogP contribution in [0.4, 0.5) is 0 Å². The van der Waals surface area contributed by atoms with Crippen LogP contribution in [0.25, 0.3) is 0 Å². The van der Waals surface area contributed by atoms with Crippen LogP contribution in [0.15, 0.2) is 42.5 Å². The molecule has 130 valence electrons. The second-order valence-electron chi connectivity index (χ2n) is 6.50. The molecule has 1 fully saturated rings. The predicted octanol–water partition coefficient (Wildman–Crippen LogP) is 2.94. The van der Waals surface area contributed by atoms with E-state index in [2.05, 4.69) is 28.4 Å². The maximum Gasteiger partial charge on any atom is 0.251 e. The van der Waals surface area contributed by atoms with Gasteiger partial charge in [0.05, 0.1) is 0 Å². The third-order valence-corrected chi connectivity index (χ3v) is 4.79. The Morgan fingerprint density at radius 3 is 2.60 bits per heavy atom. The van der Waals surface area contributed by atoms with Crippen LogP contribution in [-0.2, 0) is 13.1 Å². The maximum atomic E-state index is 12.5. The number of hydrogen-bond acceptors (Lipinski definition) is 4. The zero-order valence-electron chi connectivity index (χ0n) is 14.2. The normalized spacial score (nSPS) is 16.2. The SMILES string of the molecule is O=C(NCc1ccccc1CN1CCCC1)c1ccc2c(c1)OCO2. The highest BCUT2D eigenvalue weighted by atomic mass is 16.7.